The molecule has 4 aromatic carbocycles. The average molecular weight is 578 g/mol. The first-order chi connectivity index (χ1) is 20.2. The van der Waals surface area contributed by atoms with Crippen LogP contribution in [0.5, 0.6) is 5.75 Å². The fraction of sp³-hybridized carbons (Fsp3) is 0.152. The standard InChI is InChI=1S/C33H24F5NO3/c34-27-9-4-10-28(35)30(27)29-20-26(32(40)41-19-5-8-21-6-2-1-3-7-21)31(39-29)24-13-11-22(12-14-24)23-15-17-25(18-16-23)42-33(36,37)38/h1-18,26,31H,19-20H2/b8-5+. The van der Waals surface area contributed by atoms with Crippen molar-refractivity contribution in [2.24, 2.45) is 10.9 Å². The predicted molar refractivity (Wildman–Crippen MR) is 149 cm³/mol. The van der Waals surface area contributed by atoms with Crippen molar-refractivity contribution in [1.29, 1.82) is 0 Å². The lowest BCUT2D eigenvalue weighted by Gasteiger charge is -2.17. The molecule has 0 amide bonds. The van der Waals surface area contributed by atoms with Crippen LogP contribution < -0.4 is 4.74 Å². The molecule has 0 aromatic heterocycles. The zero-order valence-electron chi connectivity index (χ0n) is 22.0. The third-order valence-corrected chi connectivity index (χ3v) is 6.75. The summed E-state index contributed by atoms with van der Waals surface area (Å²) in [6.07, 6.45) is -1.29. The highest BCUT2D eigenvalue weighted by molar-refractivity contribution is 6.04. The highest BCUT2D eigenvalue weighted by Crippen LogP contribution is 2.39. The average Bonchev–Trinajstić information content (AvgIpc) is 3.40. The zero-order valence-corrected chi connectivity index (χ0v) is 22.0. The van der Waals surface area contributed by atoms with Crippen LogP contribution in [0.3, 0.4) is 0 Å². The zero-order chi connectivity index (χ0) is 29.7. The maximum absolute atomic E-state index is 14.6. The van der Waals surface area contributed by atoms with Crippen LogP contribution in [0.4, 0.5) is 22.0 Å². The summed E-state index contributed by atoms with van der Waals surface area (Å²) >= 11 is 0. The van der Waals surface area contributed by atoms with Crippen LogP contribution >= 0.6 is 0 Å². The lowest BCUT2D eigenvalue weighted by Crippen LogP contribution is -2.22. The number of rotatable bonds is 8. The van der Waals surface area contributed by atoms with Crippen LogP contribution in [0.1, 0.15) is 29.2 Å². The second kappa shape index (κ2) is 12.4. The number of ether oxygens (including phenoxy) is 2. The summed E-state index contributed by atoms with van der Waals surface area (Å²) in [6, 6.07) is 24.6. The molecule has 214 valence electrons. The minimum Gasteiger partial charge on any atom is -0.461 e. The van der Waals surface area contributed by atoms with Crippen molar-refractivity contribution in [3.05, 3.63) is 131 Å². The minimum absolute atomic E-state index is 0.00727. The Bertz CT molecular complexity index is 1580. The van der Waals surface area contributed by atoms with Gasteiger partial charge in [0, 0.05) is 12.1 Å². The molecule has 5 rings (SSSR count). The number of hydrogen-bond acceptors (Lipinski definition) is 4. The molecular weight excluding hydrogens is 553 g/mol. The fourth-order valence-corrected chi connectivity index (χ4v) is 4.80. The first kappa shape index (κ1) is 28.7. The molecule has 0 spiro atoms. The van der Waals surface area contributed by atoms with Crippen molar-refractivity contribution in [3.63, 3.8) is 0 Å². The third kappa shape index (κ3) is 6.91. The Morgan fingerprint density at radius 3 is 2.07 bits per heavy atom. The van der Waals surface area contributed by atoms with Crippen LogP contribution in [0.25, 0.3) is 17.2 Å². The summed E-state index contributed by atoms with van der Waals surface area (Å²) in [5, 5.41) is 0. The van der Waals surface area contributed by atoms with Gasteiger partial charge in [0.1, 0.15) is 24.0 Å². The Labute approximate surface area is 238 Å². The molecule has 1 aliphatic heterocycles. The van der Waals surface area contributed by atoms with Gasteiger partial charge in [0.2, 0.25) is 0 Å². The van der Waals surface area contributed by atoms with Gasteiger partial charge in [-0.25, -0.2) is 8.78 Å². The van der Waals surface area contributed by atoms with E-state index in [9.17, 15) is 26.7 Å². The van der Waals surface area contributed by atoms with Gasteiger partial charge in [-0.3, -0.25) is 9.79 Å². The normalized spacial score (nSPS) is 16.8. The number of esters is 1. The molecule has 2 atom stereocenters. The Balaban J connectivity index is 1.37. The van der Waals surface area contributed by atoms with Crippen molar-refractivity contribution >= 4 is 17.8 Å². The van der Waals surface area contributed by atoms with E-state index < -0.39 is 35.9 Å². The van der Waals surface area contributed by atoms with Crippen LogP contribution in [-0.4, -0.2) is 24.7 Å². The number of alkyl halides is 3. The van der Waals surface area contributed by atoms with Crippen molar-refractivity contribution < 1.29 is 36.2 Å². The number of hydrogen-bond donors (Lipinski definition) is 0. The van der Waals surface area contributed by atoms with E-state index in [0.717, 1.165) is 17.7 Å². The Morgan fingerprint density at radius 1 is 0.833 bits per heavy atom. The summed E-state index contributed by atoms with van der Waals surface area (Å²) in [6.45, 7) is 0.00727. The van der Waals surface area contributed by atoms with Crippen LogP contribution in [0.2, 0.25) is 0 Å². The predicted octanol–water partition coefficient (Wildman–Crippen LogP) is 8.34. The van der Waals surface area contributed by atoms with Gasteiger partial charge in [0.05, 0.1) is 17.5 Å². The molecule has 0 aliphatic carbocycles. The van der Waals surface area contributed by atoms with Crippen molar-refractivity contribution in [1.82, 2.24) is 0 Å². The molecule has 1 heterocycles. The summed E-state index contributed by atoms with van der Waals surface area (Å²) in [7, 11) is 0. The maximum atomic E-state index is 14.6. The van der Waals surface area contributed by atoms with E-state index in [2.05, 4.69) is 9.73 Å². The summed E-state index contributed by atoms with van der Waals surface area (Å²) in [4.78, 5) is 17.8. The number of carbonyl (C=O) groups excluding carboxylic acids is 1. The van der Waals surface area contributed by atoms with Crippen LogP contribution in [0.15, 0.2) is 108 Å². The van der Waals surface area contributed by atoms with Gasteiger partial charge >= 0.3 is 12.3 Å². The van der Waals surface area contributed by atoms with Gasteiger partial charge in [0.25, 0.3) is 0 Å². The number of benzene rings is 4. The number of aliphatic imine (C=N–C) groups is 1. The Morgan fingerprint density at radius 2 is 1.45 bits per heavy atom. The third-order valence-electron chi connectivity index (χ3n) is 6.75. The fourth-order valence-electron chi connectivity index (χ4n) is 4.80. The minimum atomic E-state index is -4.79. The molecule has 42 heavy (non-hydrogen) atoms. The topological polar surface area (TPSA) is 47.9 Å². The van der Waals surface area contributed by atoms with E-state index in [0.29, 0.717) is 16.7 Å². The quantitative estimate of drug-likeness (QED) is 0.156. The molecule has 0 fully saturated rings. The molecular formula is C33H24F5NO3. The second-order valence-corrected chi connectivity index (χ2v) is 9.57. The molecule has 0 saturated carbocycles. The first-order valence-electron chi connectivity index (χ1n) is 13.0. The molecule has 0 N–H and O–H groups in total. The molecule has 0 bridgehead atoms. The number of nitrogens with zero attached hydrogens (tertiary/aromatic N) is 1. The second-order valence-electron chi connectivity index (χ2n) is 9.57. The summed E-state index contributed by atoms with van der Waals surface area (Å²) < 4.78 is 76.1. The lowest BCUT2D eigenvalue weighted by molar-refractivity contribution is -0.274. The van der Waals surface area contributed by atoms with E-state index >= 15 is 0 Å². The number of carbonyl (C=O) groups is 1. The van der Waals surface area contributed by atoms with Gasteiger partial charge in [-0.15, -0.1) is 13.2 Å². The van der Waals surface area contributed by atoms with Crippen molar-refractivity contribution in [2.75, 3.05) is 6.61 Å². The Kier molecular flexibility index (Phi) is 8.47. The van der Waals surface area contributed by atoms with Gasteiger partial charge in [-0.05, 0) is 52.6 Å². The van der Waals surface area contributed by atoms with E-state index in [4.69, 9.17) is 4.74 Å². The van der Waals surface area contributed by atoms with Gasteiger partial charge in [-0.2, -0.15) is 0 Å². The molecule has 4 nitrogen and oxygen atoms in total. The molecule has 0 radical (unpaired) electrons. The van der Waals surface area contributed by atoms with Gasteiger partial charge < -0.3 is 9.47 Å². The van der Waals surface area contributed by atoms with Crippen molar-refractivity contribution in [3.8, 4) is 16.9 Å². The molecule has 2 unspecified atom stereocenters. The van der Waals surface area contributed by atoms with Crippen LogP contribution in [0, 0.1) is 17.6 Å². The highest BCUT2D eigenvalue weighted by Gasteiger charge is 2.39. The SMILES string of the molecule is O=C(OC/C=C/c1ccccc1)C1CC(c2c(F)cccc2F)=NC1c1ccc(-c2ccc(OC(F)(F)F)cc2)cc1. The highest BCUT2D eigenvalue weighted by atomic mass is 19.4. The summed E-state index contributed by atoms with van der Waals surface area (Å²) in [5.41, 5.74) is 2.74. The van der Waals surface area contributed by atoms with E-state index in [1.54, 1.807) is 30.3 Å². The smallest absolute Gasteiger partial charge is 0.461 e. The molecule has 9 heteroatoms. The monoisotopic (exact) mass is 577 g/mol. The molecule has 1 aliphatic rings. The molecule has 0 saturated heterocycles. The van der Waals surface area contributed by atoms with E-state index in [1.165, 1.54) is 30.3 Å². The lowest BCUT2D eigenvalue weighted by atomic mass is 9.90. The first-order valence-corrected chi connectivity index (χ1v) is 13.0. The van der Waals surface area contributed by atoms with Crippen molar-refractivity contribution in [2.45, 2.75) is 18.8 Å². The summed E-state index contributed by atoms with van der Waals surface area (Å²) in [5.74, 6) is -3.27. The largest absolute Gasteiger partial charge is 0.573 e. The maximum Gasteiger partial charge on any atom is 0.573 e. The Hall–Kier alpha value is -4.79. The van der Waals surface area contributed by atoms with E-state index in [-0.39, 0.29) is 30.1 Å². The van der Waals surface area contributed by atoms with Gasteiger partial charge in [-0.1, -0.05) is 78.9 Å². The van der Waals surface area contributed by atoms with Crippen LogP contribution in [-0.2, 0) is 9.53 Å². The number of halogens is 5. The molecule has 4 aromatic rings. The van der Waals surface area contributed by atoms with E-state index in [1.807, 2.05) is 36.4 Å². The van der Waals surface area contributed by atoms with Gasteiger partial charge in [0.15, 0.2) is 0 Å².